The molecule has 0 aliphatic carbocycles. The van der Waals surface area contributed by atoms with Gasteiger partial charge in [-0.2, -0.15) is 5.10 Å². The summed E-state index contributed by atoms with van der Waals surface area (Å²) in [5.41, 5.74) is 1.94. The summed E-state index contributed by atoms with van der Waals surface area (Å²) in [5, 5.41) is 4.26. The quantitative estimate of drug-likeness (QED) is 0.882. The van der Waals surface area contributed by atoms with E-state index in [0.29, 0.717) is 23.7 Å². The molecular weight excluding hydrogens is 302 g/mol. The van der Waals surface area contributed by atoms with Gasteiger partial charge in [-0.3, -0.25) is 4.68 Å². The molecule has 7 heteroatoms. The average molecular weight is 323 g/mol. The van der Waals surface area contributed by atoms with Gasteiger partial charge in [0.1, 0.15) is 10.6 Å². The number of aryl methyl sites for hydroxylation is 2. The van der Waals surface area contributed by atoms with E-state index in [9.17, 15) is 8.42 Å². The molecule has 0 radical (unpaired) electrons. The minimum atomic E-state index is -3.62. The molecule has 0 spiro atoms. The average Bonchev–Trinajstić information content (AvgIpc) is 2.80. The van der Waals surface area contributed by atoms with Gasteiger partial charge in [-0.05, 0) is 26.8 Å². The van der Waals surface area contributed by atoms with Crippen molar-refractivity contribution in [2.75, 3.05) is 7.11 Å². The Balaban J connectivity index is 2.27. The summed E-state index contributed by atoms with van der Waals surface area (Å²) in [6.07, 6.45) is 0. The fourth-order valence-corrected chi connectivity index (χ4v) is 3.89. The number of sulfonamides is 1. The van der Waals surface area contributed by atoms with Gasteiger partial charge in [0, 0.05) is 18.7 Å². The Labute approximate surface area is 131 Å². The summed E-state index contributed by atoms with van der Waals surface area (Å²) in [4.78, 5) is 0.254. The third kappa shape index (κ3) is 3.15. The van der Waals surface area contributed by atoms with Crippen molar-refractivity contribution in [3.05, 3.63) is 41.2 Å². The van der Waals surface area contributed by atoms with E-state index in [1.54, 1.807) is 31.7 Å². The highest BCUT2D eigenvalue weighted by Crippen LogP contribution is 2.21. The van der Waals surface area contributed by atoms with Gasteiger partial charge >= 0.3 is 0 Å². The van der Waals surface area contributed by atoms with E-state index >= 15 is 0 Å². The van der Waals surface area contributed by atoms with Crippen LogP contribution in [0.4, 0.5) is 0 Å². The topological polar surface area (TPSA) is 73.2 Å². The molecule has 1 aromatic heterocycles. The first-order valence-corrected chi connectivity index (χ1v) is 8.54. The van der Waals surface area contributed by atoms with Crippen LogP contribution in [-0.4, -0.2) is 25.3 Å². The molecule has 0 fully saturated rings. The molecule has 6 nitrogen and oxygen atoms in total. The number of aromatic nitrogens is 2. The van der Waals surface area contributed by atoms with Crippen LogP contribution >= 0.6 is 0 Å². The van der Waals surface area contributed by atoms with Gasteiger partial charge in [-0.15, -0.1) is 0 Å². The van der Waals surface area contributed by atoms with Crippen LogP contribution < -0.4 is 9.46 Å². The number of hydrogen-bond acceptors (Lipinski definition) is 4. The fraction of sp³-hybridized carbons (Fsp3) is 0.400. The van der Waals surface area contributed by atoms with Gasteiger partial charge < -0.3 is 4.74 Å². The van der Waals surface area contributed by atoms with Gasteiger partial charge in [0.05, 0.1) is 18.5 Å². The molecule has 1 heterocycles. The summed E-state index contributed by atoms with van der Waals surface area (Å²) in [6.45, 7) is 6.20. The molecule has 0 atom stereocenters. The normalized spacial score (nSPS) is 11.6. The van der Waals surface area contributed by atoms with Gasteiger partial charge in [0.2, 0.25) is 10.0 Å². The van der Waals surface area contributed by atoms with Crippen molar-refractivity contribution in [1.29, 1.82) is 0 Å². The first-order chi connectivity index (χ1) is 10.4. The van der Waals surface area contributed by atoms with Crippen LogP contribution in [0.25, 0.3) is 0 Å². The third-order valence-corrected chi connectivity index (χ3v) is 5.18. The zero-order valence-corrected chi connectivity index (χ0v) is 14.1. The Kier molecular flexibility index (Phi) is 4.87. The van der Waals surface area contributed by atoms with Crippen molar-refractivity contribution in [1.82, 2.24) is 14.5 Å². The highest BCUT2D eigenvalue weighted by atomic mass is 32.2. The second kappa shape index (κ2) is 6.50. The highest BCUT2D eigenvalue weighted by Gasteiger charge is 2.24. The number of rotatable bonds is 6. The van der Waals surface area contributed by atoms with Gasteiger partial charge in [0.15, 0.2) is 0 Å². The lowest BCUT2D eigenvalue weighted by atomic mass is 10.2. The second-order valence-corrected chi connectivity index (χ2v) is 6.66. The van der Waals surface area contributed by atoms with Crippen LogP contribution in [0.1, 0.15) is 23.9 Å². The molecule has 2 rings (SSSR count). The Morgan fingerprint density at radius 2 is 1.95 bits per heavy atom. The van der Waals surface area contributed by atoms with Crippen molar-refractivity contribution in [2.45, 2.75) is 38.8 Å². The minimum Gasteiger partial charge on any atom is -0.496 e. The molecule has 22 heavy (non-hydrogen) atoms. The molecule has 0 saturated carbocycles. The third-order valence-electron chi connectivity index (χ3n) is 3.53. The number of methoxy groups -OCH3 is 1. The van der Waals surface area contributed by atoms with E-state index in [0.717, 1.165) is 5.56 Å². The number of ether oxygens (including phenoxy) is 1. The lowest BCUT2D eigenvalue weighted by Gasteiger charge is -2.10. The van der Waals surface area contributed by atoms with E-state index in [4.69, 9.17) is 4.74 Å². The predicted molar refractivity (Wildman–Crippen MR) is 84.4 cm³/mol. The second-order valence-electron chi connectivity index (χ2n) is 4.95. The van der Waals surface area contributed by atoms with Crippen molar-refractivity contribution in [3.8, 4) is 5.75 Å². The van der Waals surface area contributed by atoms with Crippen LogP contribution in [0.15, 0.2) is 29.2 Å². The monoisotopic (exact) mass is 323 g/mol. The Hall–Kier alpha value is -1.86. The standard InChI is InChI=1S/C15H21N3O3S/c1-5-18-12(3)15(11(2)17-18)22(19,20)16-10-13-8-6-7-9-14(13)21-4/h6-9,16H,5,10H2,1-4H3. The minimum absolute atomic E-state index is 0.169. The number of para-hydroxylation sites is 1. The SMILES string of the molecule is CCn1nc(C)c(S(=O)(=O)NCc2ccccc2OC)c1C. The van der Waals surface area contributed by atoms with E-state index < -0.39 is 10.0 Å². The molecule has 0 amide bonds. The van der Waals surface area contributed by atoms with Crippen molar-refractivity contribution in [3.63, 3.8) is 0 Å². The molecule has 0 bridgehead atoms. The molecule has 1 aromatic carbocycles. The molecule has 0 aliphatic heterocycles. The maximum Gasteiger partial charge on any atom is 0.244 e. The van der Waals surface area contributed by atoms with Crippen LogP contribution in [0.2, 0.25) is 0 Å². The zero-order valence-electron chi connectivity index (χ0n) is 13.3. The van der Waals surface area contributed by atoms with Crippen LogP contribution in [-0.2, 0) is 23.1 Å². The van der Waals surface area contributed by atoms with E-state index in [1.807, 2.05) is 25.1 Å². The fourth-order valence-electron chi connectivity index (χ4n) is 2.47. The molecule has 2 aromatic rings. The number of hydrogen-bond donors (Lipinski definition) is 1. The van der Waals surface area contributed by atoms with Crippen molar-refractivity contribution >= 4 is 10.0 Å². The molecule has 0 unspecified atom stereocenters. The summed E-state index contributed by atoms with van der Waals surface area (Å²) in [7, 11) is -2.06. The summed E-state index contributed by atoms with van der Waals surface area (Å²) < 4.78 is 34.7. The van der Waals surface area contributed by atoms with E-state index in [-0.39, 0.29) is 11.4 Å². The number of nitrogens with zero attached hydrogens (tertiary/aromatic N) is 2. The summed E-state index contributed by atoms with van der Waals surface area (Å²) in [6, 6.07) is 7.32. The molecule has 0 aliphatic rings. The van der Waals surface area contributed by atoms with E-state index in [2.05, 4.69) is 9.82 Å². The first-order valence-electron chi connectivity index (χ1n) is 7.06. The van der Waals surface area contributed by atoms with Crippen LogP contribution in [0.5, 0.6) is 5.75 Å². The van der Waals surface area contributed by atoms with Crippen molar-refractivity contribution in [2.24, 2.45) is 0 Å². The van der Waals surface area contributed by atoms with Crippen LogP contribution in [0.3, 0.4) is 0 Å². The van der Waals surface area contributed by atoms with Gasteiger partial charge in [0.25, 0.3) is 0 Å². The highest BCUT2D eigenvalue weighted by molar-refractivity contribution is 7.89. The maximum atomic E-state index is 12.6. The lowest BCUT2D eigenvalue weighted by Crippen LogP contribution is -2.24. The van der Waals surface area contributed by atoms with Crippen LogP contribution in [0, 0.1) is 13.8 Å². The molecule has 1 N–H and O–H groups in total. The number of nitrogens with one attached hydrogen (secondary N) is 1. The Morgan fingerprint density at radius 1 is 1.27 bits per heavy atom. The molecule has 120 valence electrons. The number of benzene rings is 1. The first kappa shape index (κ1) is 16.5. The lowest BCUT2D eigenvalue weighted by molar-refractivity contribution is 0.409. The summed E-state index contributed by atoms with van der Waals surface area (Å²) >= 11 is 0. The van der Waals surface area contributed by atoms with Gasteiger partial charge in [-0.25, -0.2) is 13.1 Å². The summed E-state index contributed by atoms with van der Waals surface area (Å²) in [5.74, 6) is 0.655. The van der Waals surface area contributed by atoms with Crippen molar-refractivity contribution < 1.29 is 13.2 Å². The Bertz CT molecular complexity index is 766. The zero-order chi connectivity index (χ0) is 16.3. The largest absolute Gasteiger partial charge is 0.496 e. The van der Waals surface area contributed by atoms with Gasteiger partial charge in [-0.1, -0.05) is 18.2 Å². The molecule has 0 saturated heterocycles. The van der Waals surface area contributed by atoms with E-state index in [1.165, 1.54) is 0 Å². The molecular formula is C15H21N3O3S. The maximum absolute atomic E-state index is 12.6. The Morgan fingerprint density at radius 3 is 2.55 bits per heavy atom. The predicted octanol–water partition coefficient (Wildman–Crippen LogP) is 2.01. The smallest absolute Gasteiger partial charge is 0.244 e.